The van der Waals surface area contributed by atoms with Crippen LogP contribution in [0.2, 0.25) is 0 Å². The molecule has 0 amide bonds. The number of hydrogen-bond acceptors (Lipinski definition) is 6. The maximum absolute atomic E-state index is 11.4. The molecule has 0 aliphatic carbocycles. The molecular weight excluding hydrogens is 526 g/mol. The molecule has 0 heterocycles. The maximum atomic E-state index is 11.4. The minimum Gasteiger partial charge on any atom is -0.456 e. The van der Waals surface area contributed by atoms with E-state index in [-0.39, 0.29) is 0 Å². The van der Waals surface area contributed by atoms with Crippen molar-refractivity contribution in [3.8, 4) is 5.75 Å². The number of benzene rings is 2. The molecule has 0 atom stereocenters. The largest absolute Gasteiger partial charge is 0.456 e. The molecule has 2 aromatic rings. The molecule has 0 bridgehead atoms. The molecule has 230 valence electrons. The third-order valence-corrected chi connectivity index (χ3v) is 6.87. The molecule has 6 heteroatoms. The van der Waals surface area contributed by atoms with Crippen molar-refractivity contribution in [3.63, 3.8) is 0 Å². The van der Waals surface area contributed by atoms with Crippen molar-refractivity contribution < 1.29 is 23.7 Å². The number of carbonyl (C=O) groups excluding carboxylic acids is 1. The fourth-order valence-electron chi connectivity index (χ4n) is 4.39. The normalized spacial score (nSPS) is 11.4. The average Bonchev–Trinajstić information content (AvgIpc) is 3.00. The van der Waals surface area contributed by atoms with E-state index in [9.17, 15) is 4.79 Å². The van der Waals surface area contributed by atoms with Gasteiger partial charge in [0.2, 0.25) is 0 Å². The second-order valence-corrected chi connectivity index (χ2v) is 10.4. The fraction of sp³-hybridized carbons (Fsp3) is 0.472. The van der Waals surface area contributed by atoms with E-state index in [2.05, 4.69) is 25.4 Å². The van der Waals surface area contributed by atoms with Gasteiger partial charge in [-0.05, 0) is 75.5 Å². The van der Waals surface area contributed by atoms with Crippen LogP contribution >= 0.6 is 0 Å². The van der Waals surface area contributed by atoms with E-state index >= 15 is 0 Å². The Bertz CT molecular complexity index is 1110. The number of ether oxygens (including phenoxy) is 4. The van der Waals surface area contributed by atoms with Crippen LogP contribution in [-0.2, 0) is 19.0 Å². The molecule has 0 aliphatic rings. The summed E-state index contributed by atoms with van der Waals surface area (Å²) in [4.78, 5) is 11.4. The highest BCUT2D eigenvalue weighted by Gasteiger charge is 2.12. The van der Waals surface area contributed by atoms with Crippen molar-refractivity contribution in [1.82, 2.24) is 5.32 Å². The Morgan fingerprint density at radius 1 is 0.762 bits per heavy atom. The van der Waals surface area contributed by atoms with Gasteiger partial charge in [0, 0.05) is 55.9 Å². The van der Waals surface area contributed by atoms with Crippen molar-refractivity contribution in [3.05, 3.63) is 83.4 Å². The van der Waals surface area contributed by atoms with Crippen LogP contribution in [0.25, 0.3) is 17.5 Å². The molecule has 0 radical (unpaired) electrons. The predicted molar refractivity (Wildman–Crippen MR) is 175 cm³/mol. The number of carbonyl (C=O) groups is 1. The average molecular weight is 578 g/mol. The van der Waals surface area contributed by atoms with Gasteiger partial charge in [-0.3, -0.25) is 4.79 Å². The summed E-state index contributed by atoms with van der Waals surface area (Å²) in [6.45, 7) is 19.7. The number of hydrogen-bond donors (Lipinski definition) is 1. The van der Waals surface area contributed by atoms with Crippen LogP contribution in [0, 0.1) is 13.8 Å². The Labute approximate surface area is 253 Å². The summed E-state index contributed by atoms with van der Waals surface area (Å²) in [7, 11) is 0. The maximum Gasteiger partial charge on any atom is 0.146 e. The standard InChI is InChI=1S/C36H51NO5/c1-6-23-39-24-12-9-13-26-41-28-27-40-25-11-8-10-21-37-31(5)32-16-18-33(19-17-32)35(20-22-38)42-36-30(4)15-14-29(3)34(36)7-2/h7,14-20,22,37H,2,5-6,8-13,21,23-28H2,1,3-4H3/b35-20-. The molecule has 0 aromatic heterocycles. The molecule has 0 spiro atoms. The van der Waals surface area contributed by atoms with Crippen molar-refractivity contribution in [2.24, 2.45) is 0 Å². The third-order valence-electron chi connectivity index (χ3n) is 6.87. The zero-order chi connectivity index (χ0) is 30.4. The molecular formula is C36H51NO5. The molecule has 0 saturated heterocycles. The van der Waals surface area contributed by atoms with E-state index in [1.807, 2.05) is 50.2 Å². The molecule has 2 aromatic carbocycles. The van der Waals surface area contributed by atoms with Crippen LogP contribution in [0.5, 0.6) is 5.75 Å². The highest BCUT2D eigenvalue weighted by molar-refractivity contribution is 5.80. The summed E-state index contributed by atoms with van der Waals surface area (Å²) in [5.41, 5.74) is 5.65. The minimum absolute atomic E-state index is 0.490. The Hall–Kier alpha value is -3.19. The molecule has 42 heavy (non-hydrogen) atoms. The van der Waals surface area contributed by atoms with Gasteiger partial charge in [-0.2, -0.15) is 0 Å². The molecule has 0 unspecified atom stereocenters. The van der Waals surface area contributed by atoms with Crippen LogP contribution in [-0.4, -0.2) is 52.5 Å². The van der Waals surface area contributed by atoms with Crippen LogP contribution in [0.3, 0.4) is 0 Å². The first-order chi connectivity index (χ1) is 20.5. The molecule has 2 rings (SSSR count). The number of unbranched alkanes of at least 4 members (excludes halogenated alkanes) is 4. The second kappa shape index (κ2) is 21.5. The number of aldehydes is 1. The van der Waals surface area contributed by atoms with E-state index in [0.717, 1.165) is 118 Å². The first-order valence-electron chi connectivity index (χ1n) is 15.3. The van der Waals surface area contributed by atoms with Crippen LogP contribution in [0.4, 0.5) is 0 Å². The zero-order valence-electron chi connectivity index (χ0n) is 26.1. The zero-order valence-corrected chi connectivity index (χ0v) is 26.1. The number of rotatable bonds is 24. The summed E-state index contributed by atoms with van der Waals surface area (Å²) in [5, 5.41) is 3.41. The minimum atomic E-state index is 0.490. The highest BCUT2D eigenvalue weighted by Crippen LogP contribution is 2.31. The Kier molecular flexibility index (Phi) is 17.9. The number of aryl methyl sites for hydroxylation is 2. The van der Waals surface area contributed by atoms with Crippen LogP contribution in [0.15, 0.2) is 55.6 Å². The summed E-state index contributed by atoms with van der Waals surface area (Å²) >= 11 is 0. The monoisotopic (exact) mass is 577 g/mol. The van der Waals surface area contributed by atoms with Gasteiger partial charge in [-0.1, -0.05) is 62.6 Å². The lowest BCUT2D eigenvalue weighted by atomic mass is 10.0. The summed E-state index contributed by atoms with van der Waals surface area (Å²) in [6, 6.07) is 11.9. The van der Waals surface area contributed by atoms with E-state index in [4.69, 9.17) is 18.9 Å². The van der Waals surface area contributed by atoms with Gasteiger partial charge in [-0.25, -0.2) is 0 Å². The molecule has 0 saturated carbocycles. The molecule has 0 aliphatic heterocycles. The Morgan fingerprint density at radius 3 is 1.93 bits per heavy atom. The lowest BCUT2D eigenvalue weighted by Gasteiger charge is -2.17. The van der Waals surface area contributed by atoms with Gasteiger partial charge < -0.3 is 24.3 Å². The molecule has 0 fully saturated rings. The van der Waals surface area contributed by atoms with Crippen molar-refractivity contribution in [2.45, 2.75) is 65.7 Å². The summed E-state index contributed by atoms with van der Waals surface area (Å²) in [5.74, 6) is 1.20. The van der Waals surface area contributed by atoms with Crippen molar-refractivity contribution >= 4 is 23.8 Å². The van der Waals surface area contributed by atoms with Gasteiger partial charge >= 0.3 is 0 Å². The van der Waals surface area contributed by atoms with E-state index in [1.165, 1.54) is 6.08 Å². The second-order valence-electron chi connectivity index (χ2n) is 10.4. The number of allylic oxidation sites excluding steroid dienone is 1. The van der Waals surface area contributed by atoms with E-state index in [0.29, 0.717) is 24.7 Å². The summed E-state index contributed by atoms with van der Waals surface area (Å²) < 4.78 is 23.0. The van der Waals surface area contributed by atoms with Gasteiger partial charge in [0.1, 0.15) is 17.8 Å². The van der Waals surface area contributed by atoms with E-state index in [1.54, 1.807) is 6.08 Å². The first kappa shape index (κ1) is 35.0. The summed E-state index contributed by atoms with van der Waals surface area (Å²) in [6.07, 6.45) is 11.6. The molecule has 1 N–H and O–H groups in total. The van der Waals surface area contributed by atoms with Crippen LogP contribution < -0.4 is 10.1 Å². The molecule has 6 nitrogen and oxygen atoms in total. The lowest BCUT2D eigenvalue weighted by Crippen LogP contribution is -2.13. The SMILES string of the molecule is C=Cc1c(C)ccc(C)c1O/C(=C\C=O)c1ccc(C(=C)NCCCCCOCCOCCCCCOCCC)cc1. The smallest absolute Gasteiger partial charge is 0.146 e. The Balaban J connectivity index is 1.62. The quantitative estimate of drug-likeness (QED) is 0.0592. The van der Waals surface area contributed by atoms with Gasteiger partial charge in [-0.15, -0.1) is 0 Å². The fourth-order valence-corrected chi connectivity index (χ4v) is 4.39. The van der Waals surface area contributed by atoms with Crippen molar-refractivity contribution in [2.75, 3.05) is 46.2 Å². The number of nitrogens with one attached hydrogen (secondary N) is 1. The predicted octanol–water partition coefficient (Wildman–Crippen LogP) is 7.93. The lowest BCUT2D eigenvalue weighted by molar-refractivity contribution is -0.104. The highest BCUT2D eigenvalue weighted by atomic mass is 16.5. The van der Waals surface area contributed by atoms with Gasteiger partial charge in [0.05, 0.1) is 13.2 Å². The topological polar surface area (TPSA) is 66.0 Å². The van der Waals surface area contributed by atoms with Crippen LogP contribution in [0.1, 0.15) is 79.7 Å². The Morgan fingerprint density at radius 2 is 1.33 bits per heavy atom. The van der Waals surface area contributed by atoms with Gasteiger partial charge in [0.25, 0.3) is 0 Å². The van der Waals surface area contributed by atoms with E-state index < -0.39 is 0 Å². The third kappa shape index (κ3) is 13.2. The van der Waals surface area contributed by atoms with Crippen molar-refractivity contribution in [1.29, 1.82) is 0 Å². The first-order valence-corrected chi connectivity index (χ1v) is 15.3. The van der Waals surface area contributed by atoms with Gasteiger partial charge in [0.15, 0.2) is 0 Å².